The summed E-state index contributed by atoms with van der Waals surface area (Å²) in [6, 6.07) is 17.3. The van der Waals surface area contributed by atoms with Crippen molar-refractivity contribution in [2.24, 2.45) is 5.73 Å². The van der Waals surface area contributed by atoms with Gasteiger partial charge in [0.25, 0.3) is 5.91 Å². The van der Waals surface area contributed by atoms with Crippen molar-refractivity contribution in [1.29, 1.82) is 0 Å². The van der Waals surface area contributed by atoms with E-state index in [1.807, 2.05) is 30.3 Å². The second-order valence-electron chi connectivity index (χ2n) is 9.14. The largest absolute Gasteiger partial charge is 0.378 e. The van der Waals surface area contributed by atoms with E-state index in [4.69, 9.17) is 20.2 Å². The fourth-order valence-electron chi connectivity index (χ4n) is 4.09. The quantitative estimate of drug-likeness (QED) is 0.215. The van der Waals surface area contributed by atoms with Crippen molar-refractivity contribution in [2.45, 2.75) is 25.8 Å². The number of nitrogens with two attached hydrogens (primary N) is 1. The Morgan fingerprint density at radius 2 is 1.56 bits per heavy atom. The molecule has 2 aromatic carbocycles. The predicted molar refractivity (Wildman–Crippen MR) is 152 cm³/mol. The molecule has 11 nitrogen and oxygen atoms in total. The molecule has 1 aliphatic heterocycles. The Hall–Kier alpha value is -3.80. The summed E-state index contributed by atoms with van der Waals surface area (Å²) < 4.78 is 10.7. The zero-order valence-corrected chi connectivity index (χ0v) is 22.3. The number of carbonyl (C=O) groups excluding carboxylic acids is 1. The molecule has 39 heavy (non-hydrogen) atoms. The molecule has 5 N–H and O–H groups in total. The van der Waals surface area contributed by atoms with Crippen LogP contribution in [0.25, 0.3) is 0 Å². The van der Waals surface area contributed by atoms with Crippen LogP contribution in [-0.2, 0) is 16.0 Å². The number of nitrogens with zero attached hydrogens (tertiary/aromatic N) is 4. The molecule has 0 bridgehead atoms. The SMILES string of the molecule is NCCOCCOCCNC(=O)c1ccc(Nc2nc(NCc3ccccc3)nc(N3CCCCC3)n2)cc1. The first kappa shape index (κ1) is 28.2. The van der Waals surface area contributed by atoms with Crippen LogP contribution in [0.5, 0.6) is 0 Å². The van der Waals surface area contributed by atoms with Gasteiger partial charge in [0.1, 0.15) is 0 Å². The lowest BCUT2D eigenvalue weighted by Gasteiger charge is -2.27. The maximum absolute atomic E-state index is 12.5. The molecule has 0 spiro atoms. The highest BCUT2D eigenvalue weighted by atomic mass is 16.5. The van der Waals surface area contributed by atoms with Crippen LogP contribution in [0.3, 0.4) is 0 Å². The van der Waals surface area contributed by atoms with Crippen LogP contribution in [0.2, 0.25) is 0 Å². The molecule has 0 aliphatic carbocycles. The summed E-state index contributed by atoms with van der Waals surface area (Å²) in [4.78, 5) is 28.6. The minimum atomic E-state index is -0.163. The van der Waals surface area contributed by atoms with Gasteiger partial charge < -0.3 is 36.1 Å². The van der Waals surface area contributed by atoms with Gasteiger partial charge in [-0.15, -0.1) is 0 Å². The summed E-state index contributed by atoms with van der Waals surface area (Å²) in [5.41, 5.74) is 7.84. The topological polar surface area (TPSA) is 140 Å². The summed E-state index contributed by atoms with van der Waals surface area (Å²) in [6.07, 6.45) is 3.48. The highest BCUT2D eigenvalue weighted by Gasteiger charge is 2.17. The van der Waals surface area contributed by atoms with Gasteiger partial charge in [-0.1, -0.05) is 30.3 Å². The first-order valence-corrected chi connectivity index (χ1v) is 13.5. The Morgan fingerprint density at radius 3 is 2.31 bits per heavy atom. The average molecular weight is 535 g/mol. The fraction of sp³-hybridized carbons (Fsp3) is 0.429. The van der Waals surface area contributed by atoms with Crippen LogP contribution in [0.15, 0.2) is 54.6 Å². The molecular formula is C28H38N8O3. The third kappa shape index (κ3) is 9.47. The molecule has 208 valence electrons. The molecule has 0 saturated carbocycles. The smallest absolute Gasteiger partial charge is 0.251 e. The number of anilines is 4. The number of hydrogen-bond acceptors (Lipinski definition) is 10. The van der Waals surface area contributed by atoms with Crippen molar-refractivity contribution in [3.63, 3.8) is 0 Å². The van der Waals surface area contributed by atoms with Gasteiger partial charge in [0, 0.05) is 44.0 Å². The van der Waals surface area contributed by atoms with E-state index in [-0.39, 0.29) is 5.91 Å². The van der Waals surface area contributed by atoms with Crippen LogP contribution < -0.4 is 26.6 Å². The van der Waals surface area contributed by atoms with Crippen LogP contribution in [0.4, 0.5) is 23.5 Å². The lowest BCUT2D eigenvalue weighted by Crippen LogP contribution is -2.31. The molecule has 0 radical (unpaired) electrons. The zero-order valence-electron chi connectivity index (χ0n) is 22.3. The monoisotopic (exact) mass is 534 g/mol. The number of hydrogen-bond donors (Lipinski definition) is 4. The van der Waals surface area contributed by atoms with Gasteiger partial charge in [0.15, 0.2) is 0 Å². The van der Waals surface area contributed by atoms with Crippen molar-refractivity contribution in [2.75, 3.05) is 68.1 Å². The normalized spacial score (nSPS) is 13.2. The molecule has 2 heterocycles. The lowest BCUT2D eigenvalue weighted by molar-refractivity contribution is 0.0511. The van der Waals surface area contributed by atoms with E-state index in [1.165, 1.54) is 6.42 Å². The van der Waals surface area contributed by atoms with Gasteiger partial charge in [0.2, 0.25) is 17.8 Å². The number of aromatic nitrogens is 3. The minimum absolute atomic E-state index is 0.163. The Morgan fingerprint density at radius 1 is 0.846 bits per heavy atom. The van der Waals surface area contributed by atoms with Crippen molar-refractivity contribution >= 4 is 29.4 Å². The fourth-order valence-corrected chi connectivity index (χ4v) is 4.09. The summed E-state index contributed by atoms with van der Waals surface area (Å²) in [5.74, 6) is 1.46. The number of ether oxygens (including phenoxy) is 2. The van der Waals surface area contributed by atoms with E-state index in [0.717, 1.165) is 37.2 Å². The second-order valence-corrected chi connectivity index (χ2v) is 9.14. The molecule has 1 amide bonds. The summed E-state index contributed by atoms with van der Waals surface area (Å²) >= 11 is 0. The van der Waals surface area contributed by atoms with Crippen LogP contribution in [-0.4, -0.2) is 73.5 Å². The van der Waals surface area contributed by atoms with Gasteiger partial charge >= 0.3 is 0 Å². The van der Waals surface area contributed by atoms with Crippen LogP contribution in [0, 0.1) is 0 Å². The number of carbonyl (C=O) groups is 1. The van der Waals surface area contributed by atoms with Gasteiger partial charge in [-0.25, -0.2) is 0 Å². The van der Waals surface area contributed by atoms with Gasteiger partial charge in [-0.2, -0.15) is 15.0 Å². The van der Waals surface area contributed by atoms with Crippen LogP contribution in [0.1, 0.15) is 35.2 Å². The second kappa shape index (κ2) is 15.6. The zero-order chi connectivity index (χ0) is 27.1. The highest BCUT2D eigenvalue weighted by molar-refractivity contribution is 5.94. The van der Waals surface area contributed by atoms with Crippen molar-refractivity contribution < 1.29 is 14.3 Å². The predicted octanol–water partition coefficient (Wildman–Crippen LogP) is 2.94. The maximum Gasteiger partial charge on any atom is 0.251 e. The molecule has 1 saturated heterocycles. The van der Waals surface area contributed by atoms with E-state index in [9.17, 15) is 4.79 Å². The Kier molecular flexibility index (Phi) is 11.3. The van der Waals surface area contributed by atoms with E-state index in [0.29, 0.717) is 69.5 Å². The van der Waals surface area contributed by atoms with Crippen molar-refractivity contribution in [3.8, 4) is 0 Å². The van der Waals surface area contributed by atoms with Gasteiger partial charge in [-0.05, 0) is 49.1 Å². The first-order chi connectivity index (χ1) is 19.2. The number of nitrogens with one attached hydrogen (secondary N) is 3. The summed E-state index contributed by atoms with van der Waals surface area (Å²) in [5, 5.41) is 9.45. The molecule has 11 heteroatoms. The van der Waals surface area contributed by atoms with E-state index < -0.39 is 0 Å². The Balaban J connectivity index is 1.33. The number of rotatable bonds is 15. The Bertz CT molecular complexity index is 1140. The maximum atomic E-state index is 12.5. The number of benzene rings is 2. The number of amides is 1. The molecule has 3 aromatic rings. The Labute approximate surface area is 229 Å². The van der Waals surface area contributed by atoms with Gasteiger partial charge in [0.05, 0.1) is 26.4 Å². The van der Waals surface area contributed by atoms with E-state index in [2.05, 4.69) is 43.0 Å². The molecule has 1 aliphatic rings. The highest BCUT2D eigenvalue weighted by Crippen LogP contribution is 2.21. The third-order valence-electron chi connectivity index (χ3n) is 6.13. The molecule has 1 aromatic heterocycles. The lowest BCUT2D eigenvalue weighted by atomic mass is 10.1. The molecule has 1 fully saturated rings. The third-order valence-corrected chi connectivity index (χ3v) is 6.13. The summed E-state index contributed by atoms with van der Waals surface area (Å²) in [7, 11) is 0. The average Bonchev–Trinajstić information content (AvgIpc) is 2.98. The van der Waals surface area contributed by atoms with Crippen molar-refractivity contribution in [1.82, 2.24) is 20.3 Å². The first-order valence-electron chi connectivity index (χ1n) is 13.5. The summed E-state index contributed by atoms with van der Waals surface area (Å²) in [6.45, 7) is 5.27. The molecule has 0 atom stereocenters. The molecule has 0 unspecified atom stereocenters. The molecular weight excluding hydrogens is 496 g/mol. The standard InChI is InChI=1S/C28H38N8O3/c29-13-17-38-19-20-39-18-14-30-25(37)23-9-11-24(12-10-23)32-27-33-26(31-21-22-7-3-1-4-8-22)34-28(35-27)36-15-5-2-6-16-36/h1,3-4,7-12H,2,5-6,13-21,29H2,(H,30,37)(H2,31,32,33,34,35). The molecule has 4 rings (SSSR count). The van der Waals surface area contributed by atoms with E-state index in [1.54, 1.807) is 12.1 Å². The number of piperidine rings is 1. The minimum Gasteiger partial charge on any atom is -0.378 e. The van der Waals surface area contributed by atoms with E-state index >= 15 is 0 Å². The van der Waals surface area contributed by atoms with Crippen molar-refractivity contribution in [3.05, 3.63) is 65.7 Å². The van der Waals surface area contributed by atoms with Crippen LogP contribution >= 0.6 is 0 Å². The van der Waals surface area contributed by atoms with Gasteiger partial charge in [-0.3, -0.25) is 4.79 Å².